The Bertz CT molecular complexity index is 751. The SMILES string of the molecule is COc1cc(CNCC2CCCC23NC(=O)NC3=O)c2c(c1)CC(C)O2. The summed E-state index contributed by atoms with van der Waals surface area (Å²) in [6.45, 7) is 3.36. The minimum absolute atomic E-state index is 0.0902. The van der Waals surface area contributed by atoms with E-state index in [1.807, 2.05) is 12.1 Å². The van der Waals surface area contributed by atoms with Crippen molar-refractivity contribution in [2.24, 2.45) is 5.92 Å². The highest BCUT2D eigenvalue weighted by atomic mass is 16.5. The molecule has 1 saturated carbocycles. The molecule has 7 nitrogen and oxygen atoms in total. The normalized spacial score (nSPS) is 29.5. The average Bonchev–Trinajstić information content (AvgIpc) is 3.25. The zero-order chi connectivity index (χ0) is 18.3. The van der Waals surface area contributed by atoms with Crippen LogP contribution in [0.5, 0.6) is 11.5 Å². The third-order valence-corrected chi connectivity index (χ3v) is 5.77. The van der Waals surface area contributed by atoms with Gasteiger partial charge < -0.3 is 20.1 Å². The van der Waals surface area contributed by atoms with Crippen LogP contribution in [0.15, 0.2) is 12.1 Å². The third kappa shape index (κ3) is 2.80. The molecule has 1 aliphatic carbocycles. The first kappa shape index (κ1) is 17.1. The van der Waals surface area contributed by atoms with E-state index in [9.17, 15) is 9.59 Å². The maximum atomic E-state index is 12.3. The number of carbonyl (C=O) groups excluding carboxylic acids is 2. The van der Waals surface area contributed by atoms with Gasteiger partial charge in [0.25, 0.3) is 5.91 Å². The van der Waals surface area contributed by atoms with Crippen LogP contribution in [0.3, 0.4) is 0 Å². The van der Waals surface area contributed by atoms with E-state index < -0.39 is 5.54 Å². The van der Waals surface area contributed by atoms with Gasteiger partial charge in [0.05, 0.1) is 7.11 Å². The summed E-state index contributed by atoms with van der Waals surface area (Å²) in [4.78, 5) is 23.9. The molecule has 7 heteroatoms. The van der Waals surface area contributed by atoms with Crippen LogP contribution in [0, 0.1) is 5.92 Å². The Morgan fingerprint density at radius 2 is 2.23 bits per heavy atom. The molecule has 1 spiro atoms. The Morgan fingerprint density at radius 3 is 2.96 bits per heavy atom. The average molecular weight is 359 g/mol. The second kappa shape index (κ2) is 6.46. The molecule has 2 heterocycles. The molecule has 2 aliphatic heterocycles. The predicted octanol–water partition coefficient (Wildman–Crippen LogP) is 1.49. The highest BCUT2D eigenvalue weighted by molar-refractivity contribution is 6.07. The van der Waals surface area contributed by atoms with Gasteiger partial charge in [0.2, 0.25) is 0 Å². The Balaban J connectivity index is 1.45. The molecular formula is C19H25N3O4. The van der Waals surface area contributed by atoms with Gasteiger partial charge in [0.1, 0.15) is 23.1 Å². The van der Waals surface area contributed by atoms with Crippen LogP contribution in [-0.4, -0.2) is 37.2 Å². The van der Waals surface area contributed by atoms with E-state index >= 15 is 0 Å². The lowest BCUT2D eigenvalue weighted by molar-refractivity contribution is -0.125. The summed E-state index contributed by atoms with van der Waals surface area (Å²) in [6, 6.07) is 3.65. The van der Waals surface area contributed by atoms with Crippen molar-refractivity contribution in [3.63, 3.8) is 0 Å². The summed E-state index contributed by atoms with van der Waals surface area (Å²) < 4.78 is 11.4. The molecule has 3 aliphatic rings. The van der Waals surface area contributed by atoms with Crippen LogP contribution < -0.4 is 25.4 Å². The lowest BCUT2D eigenvalue weighted by Gasteiger charge is -2.28. The third-order valence-electron chi connectivity index (χ3n) is 5.77. The lowest BCUT2D eigenvalue weighted by atomic mass is 9.87. The molecular weight excluding hydrogens is 334 g/mol. The van der Waals surface area contributed by atoms with Crippen molar-refractivity contribution in [2.75, 3.05) is 13.7 Å². The van der Waals surface area contributed by atoms with E-state index in [1.54, 1.807) is 7.11 Å². The molecule has 0 aromatic heterocycles. The topological polar surface area (TPSA) is 88.7 Å². The molecule has 3 unspecified atom stereocenters. The number of urea groups is 1. The summed E-state index contributed by atoms with van der Waals surface area (Å²) in [5.74, 6) is 1.68. The van der Waals surface area contributed by atoms with Crippen molar-refractivity contribution in [1.82, 2.24) is 16.0 Å². The summed E-state index contributed by atoms with van der Waals surface area (Å²) >= 11 is 0. The summed E-state index contributed by atoms with van der Waals surface area (Å²) in [5, 5.41) is 8.71. The van der Waals surface area contributed by atoms with Gasteiger partial charge in [-0.3, -0.25) is 10.1 Å². The van der Waals surface area contributed by atoms with Gasteiger partial charge in [0.15, 0.2) is 0 Å². The fraction of sp³-hybridized carbons (Fsp3) is 0.579. The summed E-state index contributed by atoms with van der Waals surface area (Å²) in [6.07, 6.45) is 3.62. The van der Waals surface area contributed by atoms with Crippen molar-refractivity contribution < 1.29 is 19.1 Å². The van der Waals surface area contributed by atoms with Crippen molar-refractivity contribution in [1.29, 1.82) is 0 Å². The number of imide groups is 1. The van der Waals surface area contributed by atoms with E-state index in [2.05, 4.69) is 22.9 Å². The standard InChI is InChI=1S/C19H25N3O4/c1-11-6-12-7-15(25-2)8-13(16(12)26-11)9-20-10-14-4-3-5-19(14)17(23)21-18(24)22-19/h7-8,11,14,20H,3-6,9-10H2,1-2H3,(H2,21,22,23,24). The van der Waals surface area contributed by atoms with Crippen molar-refractivity contribution in [2.45, 2.75) is 50.8 Å². The number of hydrogen-bond donors (Lipinski definition) is 3. The lowest BCUT2D eigenvalue weighted by Crippen LogP contribution is -2.52. The highest BCUT2D eigenvalue weighted by Crippen LogP contribution is 2.38. The Hall–Kier alpha value is -2.28. The molecule has 0 radical (unpaired) electrons. The maximum Gasteiger partial charge on any atom is 0.322 e. The molecule has 1 aromatic carbocycles. The first-order valence-corrected chi connectivity index (χ1v) is 9.22. The van der Waals surface area contributed by atoms with Crippen LogP contribution in [0.25, 0.3) is 0 Å². The fourth-order valence-corrected chi connectivity index (χ4v) is 4.53. The predicted molar refractivity (Wildman–Crippen MR) is 95.2 cm³/mol. The highest BCUT2D eigenvalue weighted by Gasteiger charge is 2.53. The number of nitrogens with one attached hydrogen (secondary N) is 3. The van der Waals surface area contributed by atoms with Crippen molar-refractivity contribution in [3.8, 4) is 11.5 Å². The number of fused-ring (bicyclic) bond motifs is 1. The molecule has 1 aromatic rings. The number of rotatable bonds is 5. The molecule has 26 heavy (non-hydrogen) atoms. The van der Waals surface area contributed by atoms with Crippen LogP contribution in [0.4, 0.5) is 4.79 Å². The van der Waals surface area contributed by atoms with Gasteiger partial charge >= 0.3 is 6.03 Å². The van der Waals surface area contributed by atoms with E-state index in [0.29, 0.717) is 19.5 Å². The van der Waals surface area contributed by atoms with Crippen molar-refractivity contribution >= 4 is 11.9 Å². The number of carbonyl (C=O) groups is 2. The Labute approximate surface area is 152 Å². The minimum Gasteiger partial charge on any atom is -0.497 e. The number of hydrogen-bond acceptors (Lipinski definition) is 5. The Kier molecular flexibility index (Phi) is 4.26. The molecule has 140 valence electrons. The zero-order valence-electron chi connectivity index (χ0n) is 15.2. The van der Waals surface area contributed by atoms with Crippen LogP contribution in [0.2, 0.25) is 0 Å². The second-order valence-electron chi connectivity index (χ2n) is 7.51. The molecule has 0 bridgehead atoms. The number of amides is 3. The van der Waals surface area contributed by atoms with E-state index in [-0.39, 0.29) is 24.0 Å². The van der Waals surface area contributed by atoms with Gasteiger partial charge in [-0.05, 0) is 31.9 Å². The van der Waals surface area contributed by atoms with Gasteiger partial charge in [-0.1, -0.05) is 6.42 Å². The number of benzene rings is 1. The second-order valence-corrected chi connectivity index (χ2v) is 7.51. The minimum atomic E-state index is -0.745. The van der Waals surface area contributed by atoms with E-state index in [4.69, 9.17) is 9.47 Å². The largest absolute Gasteiger partial charge is 0.497 e. The molecule has 3 amide bonds. The van der Waals surface area contributed by atoms with E-state index in [0.717, 1.165) is 36.3 Å². The monoisotopic (exact) mass is 359 g/mol. The molecule has 1 saturated heterocycles. The number of methoxy groups -OCH3 is 1. The quantitative estimate of drug-likeness (QED) is 0.693. The fourth-order valence-electron chi connectivity index (χ4n) is 4.53. The maximum absolute atomic E-state index is 12.3. The molecule has 4 rings (SSSR count). The Morgan fingerprint density at radius 1 is 1.38 bits per heavy atom. The first-order chi connectivity index (χ1) is 12.5. The molecule has 3 N–H and O–H groups in total. The molecule has 3 atom stereocenters. The van der Waals surface area contributed by atoms with Gasteiger partial charge in [-0.2, -0.15) is 0 Å². The van der Waals surface area contributed by atoms with Gasteiger partial charge in [-0.25, -0.2) is 4.79 Å². The van der Waals surface area contributed by atoms with Gasteiger partial charge in [-0.15, -0.1) is 0 Å². The number of ether oxygens (including phenoxy) is 2. The van der Waals surface area contributed by atoms with E-state index in [1.165, 1.54) is 5.56 Å². The summed E-state index contributed by atoms with van der Waals surface area (Å²) in [5.41, 5.74) is 1.50. The smallest absolute Gasteiger partial charge is 0.322 e. The molecule has 2 fully saturated rings. The van der Waals surface area contributed by atoms with Crippen LogP contribution in [-0.2, 0) is 17.8 Å². The zero-order valence-corrected chi connectivity index (χ0v) is 15.2. The van der Waals surface area contributed by atoms with Crippen molar-refractivity contribution in [3.05, 3.63) is 23.3 Å². The van der Waals surface area contributed by atoms with Crippen LogP contribution in [0.1, 0.15) is 37.3 Å². The van der Waals surface area contributed by atoms with Gasteiger partial charge in [0, 0.05) is 36.6 Å². The van der Waals surface area contributed by atoms with Crippen LogP contribution >= 0.6 is 0 Å². The summed E-state index contributed by atoms with van der Waals surface area (Å²) in [7, 11) is 1.67. The first-order valence-electron chi connectivity index (χ1n) is 9.22.